The van der Waals surface area contributed by atoms with Crippen LogP contribution in [-0.2, 0) is 6.42 Å². The van der Waals surface area contributed by atoms with Crippen LogP contribution in [0.25, 0.3) is 22.0 Å². The molecule has 2 aromatic carbocycles. The molecule has 0 saturated carbocycles. The van der Waals surface area contributed by atoms with Gasteiger partial charge in [0.2, 0.25) is 0 Å². The van der Waals surface area contributed by atoms with Crippen LogP contribution in [0.3, 0.4) is 0 Å². The van der Waals surface area contributed by atoms with Crippen LogP contribution in [-0.4, -0.2) is 35.9 Å². The number of aliphatic imine (C=N–C) groups is 1. The molecule has 0 bridgehead atoms. The summed E-state index contributed by atoms with van der Waals surface area (Å²) in [5, 5.41) is 1.31. The average Bonchev–Trinajstić information content (AvgIpc) is 3.20. The van der Waals surface area contributed by atoms with Gasteiger partial charge < -0.3 is 9.88 Å². The van der Waals surface area contributed by atoms with Crippen LogP contribution in [0.2, 0.25) is 0 Å². The molecule has 0 fully saturated rings. The first kappa shape index (κ1) is 14.1. The molecule has 0 spiro atoms. The van der Waals surface area contributed by atoms with Crippen molar-refractivity contribution >= 4 is 17.2 Å². The van der Waals surface area contributed by atoms with E-state index in [-0.39, 0.29) is 0 Å². The van der Waals surface area contributed by atoms with Gasteiger partial charge in [-0.25, -0.2) is 0 Å². The highest BCUT2D eigenvalue weighted by Gasteiger charge is 2.14. The van der Waals surface area contributed by atoms with Crippen molar-refractivity contribution < 1.29 is 0 Å². The highest BCUT2D eigenvalue weighted by molar-refractivity contribution is 5.98. The summed E-state index contributed by atoms with van der Waals surface area (Å²) in [5.74, 6) is 0. The Balaban J connectivity index is 1.73. The van der Waals surface area contributed by atoms with E-state index in [1.54, 1.807) is 0 Å². The van der Waals surface area contributed by atoms with E-state index in [2.05, 4.69) is 70.3 Å². The molecule has 4 rings (SSSR count). The number of benzene rings is 2. The van der Waals surface area contributed by atoms with Crippen LogP contribution < -0.4 is 0 Å². The Hall–Kier alpha value is -2.55. The van der Waals surface area contributed by atoms with Crippen molar-refractivity contribution in [1.29, 1.82) is 0 Å². The van der Waals surface area contributed by atoms with Crippen LogP contribution in [0.5, 0.6) is 0 Å². The number of rotatable bonds is 4. The van der Waals surface area contributed by atoms with Gasteiger partial charge in [0, 0.05) is 35.2 Å². The van der Waals surface area contributed by atoms with E-state index in [0.717, 1.165) is 26.1 Å². The molecular formula is C20H21N3. The number of aromatic amines is 1. The van der Waals surface area contributed by atoms with Gasteiger partial charge in [-0.2, -0.15) is 0 Å². The molecule has 3 aromatic rings. The monoisotopic (exact) mass is 303 g/mol. The third kappa shape index (κ3) is 2.63. The molecule has 0 saturated heterocycles. The maximum absolute atomic E-state index is 4.30. The van der Waals surface area contributed by atoms with E-state index < -0.39 is 0 Å². The predicted octanol–water partition coefficient (Wildman–Crippen LogP) is 4.03. The highest BCUT2D eigenvalue weighted by Crippen LogP contribution is 2.34. The Bertz CT molecular complexity index is 860. The van der Waals surface area contributed by atoms with Crippen LogP contribution in [0.4, 0.5) is 0 Å². The highest BCUT2D eigenvalue weighted by atomic mass is 15.2. The summed E-state index contributed by atoms with van der Waals surface area (Å²) < 4.78 is 0. The fraction of sp³-hybridized carbons (Fsp3) is 0.250. The number of hydrogen-bond acceptors (Lipinski definition) is 2. The second-order valence-corrected chi connectivity index (χ2v) is 6.14. The minimum absolute atomic E-state index is 0.934. The lowest BCUT2D eigenvalue weighted by atomic mass is 9.95. The number of H-pyrrole nitrogens is 1. The molecule has 0 radical (unpaired) electrons. The zero-order valence-corrected chi connectivity index (χ0v) is 13.4. The van der Waals surface area contributed by atoms with Crippen molar-refractivity contribution in [2.45, 2.75) is 13.3 Å². The standard InChI is InChI=1S/C20H21N3/c1-15-20(18-8-4-5-9-19(18)22-15)17-7-3-2-6-16(17)10-12-23-13-11-21-14-23/h2-9,14,22H,10-13H2,1H3. The van der Waals surface area contributed by atoms with E-state index in [1.807, 2.05) is 6.34 Å². The molecule has 1 N–H and O–H groups in total. The molecule has 2 heterocycles. The average molecular weight is 303 g/mol. The van der Waals surface area contributed by atoms with Crippen molar-refractivity contribution in [1.82, 2.24) is 9.88 Å². The molecule has 0 amide bonds. The molecule has 1 aliphatic heterocycles. The van der Waals surface area contributed by atoms with Gasteiger partial charge in [0.25, 0.3) is 0 Å². The molecular weight excluding hydrogens is 282 g/mol. The van der Waals surface area contributed by atoms with Gasteiger partial charge >= 0.3 is 0 Å². The normalized spacial score (nSPS) is 14.0. The molecule has 3 nitrogen and oxygen atoms in total. The Morgan fingerprint density at radius 2 is 1.91 bits per heavy atom. The zero-order chi connectivity index (χ0) is 15.6. The topological polar surface area (TPSA) is 31.4 Å². The van der Waals surface area contributed by atoms with E-state index in [1.165, 1.54) is 33.3 Å². The largest absolute Gasteiger partial charge is 0.361 e. The van der Waals surface area contributed by atoms with E-state index in [4.69, 9.17) is 0 Å². The van der Waals surface area contributed by atoms with Crippen LogP contribution in [0.1, 0.15) is 11.3 Å². The van der Waals surface area contributed by atoms with Gasteiger partial charge in [-0.3, -0.25) is 4.99 Å². The maximum atomic E-state index is 4.30. The molecule has 1 aliphatic rings. The lowest BCUT2D eigenvalue weighted by Crippen LogP contribution is -2.22. The van der Waals surface area contributed by atoms with Crippen molar-refractivity contribution in [3.8, 4) is 11.1 Å². The maximum Gasteiger partial charge on any atom is 0.0851 e. The first-order valence-electron chi connectivity index (χ1n) is 8.22. The van der Waals surface area contributed by atoms with E-state index in [0.29, 0.717) is 0 Å². The summed E-state index contributed by atoms with van der Waals surface area (Å²) >= 11 is 0. The summed E-state index contributed by atoms with van der Waals surface area (Å²) in [6.45, 7) is 5.18. The molecule has 1 aromatic heterocycles. The molecule has 3 heteroatoms. The summed E-state index contributed by atoms with van der Waals surface area (Å²) in [6.07, 6.45) is 3.03. The van der Waals surface area contributed by atoms with Crippen molar-refractivity contribution in [2.75, 3.05) is 19.6 Å². The fourth-order valence-corrected chi connectivity index (χ4v) is 3.46. The molecule has 0 atom stereocenters. The fourth-order valence-electron chi connectivity index (χ4n) is 3.46. The predicted molar refractivity (Wildman–Crippen MR) is 97.1 cm³/mol. The van der Waals surface area contributed by atoms with Crippen LogP contribution in [0.15, 0.2) is 53.5 Å². The first-order chi connectivity index (χ1) is 11.3. The third-order valence-electron chi connectivity index (χ3n) is 4.61. The number of nitrogens with zero attached hydrogens (tertiary/aromatic N) is 2. The molecule has 23 heavy (non-hydrogen) atoms. The van der Waals surface area contributed by atoms with Gasteiger partial charge in [-0.1, -0.05) is 42.5 Å². The van der Waals surface area contributed by atoms with Crippen LogP contribution >= 0.6 is 0 Å². The number of nitrogens with one attached hydrogen (secondary N) is 1. The number of aryl methyl sites for hydroxylation is 1. The summed E-state index contributed by atoms with van der Waals surface area (Å²) in [4.78, 5) is 10.1. The van der Waals surface area contributed by atoms with Crippen molar-refractivity contribution in [3.63, 3.8) is 0 Å². The Morgan fingerprint density at radius 1 is 1.09 bits per heavy atom. The quantitative estimate of drug-likeness (QED) is 0.775. The lowest BCUT2D eigenvalue weighted by molar-refractivity contribution is 0.472. The Kier molecular flexibility index (Phi) is 3.62. The number of hydrogen-bond donors (Lipinski definition) is 1. The van der Waals surface area contributed by atoms with Gasteiger partial charge in [-0.05, 0) is 30.5 Å². The molecule has 116 valence electrons. The minimum Gasteiger partial charge on any atom is -0.361 e. The smallest absolute Gasteiger partial charge is 0.0851 e. The van der Waals surface area contributed by atoms with Gasteiger partial charge in [0.1, 0.15) is 0 Å². The third-order valence-corrected chi connectivity index (χ3v) is 4.61. The Morgan fingerprint density at radius 3 is 2.78 bits per heavy atom. The Labute approximate surface area is 136 Å². The molecule has 0 aliphatic carbocycles. The number of fused-ring (bicyclic) bond motifs is 1. The first-order valence-corrected chi connectivity index (χ1v) is 8.22. The van der Waals surface area contributed by atoms with Crippen molar-refractivity contribution in [2.24, 2.45) is 4.99 Å². The van der Waals surface area contributed by atoms with Gasteiger partial charge in [0.15, 0.2) is 0 Å². The summed E-state index contributed by atoms with van der Waals surface area (Å²) in [6, 6.07) is 17.3. The summed E-state index contributed by atoms with van der Waals surface area (Å²) in [7, 11) is 0. The molecule has 0 unspecified atom stereocenters. The van der Waals surface area contributed by atoms with Gasteiger partial charge in [-0.15, -0.1) is 0 Å². The minimum atomic E-state index is 0.934. The van der Waals surface area contributed by atoms with Crippen LogP contribution in [0, 0.1) is 6.92 Å². The zero-order valence-electron chi connectivity index (χ0n) is 13.4. The van der Waals surface area contributed by atoms with Crippen molar-refractivity contribution in [3.05, 3.63) is 59.8 Å². The SMILES string of the molecule is Cc1[nH]c2ccccc2c1-c1ccccc1CCN1C=NCC1. The number of para-hydroxylation sites is 1. The second kappa shape index (κ2) is 5.92. The number of aromatic nitrogens is 1. The van der Waals surface area contributed by atoms with E-state index >= 15 is 0 Å². The van der Waals surface area contributed by atoms with Gasteiger partial charge in [0.05, 0.1) is 12.9 Å². The second-order valence-electron chi connectivity index (χ2n) is 6.14. The lowest BCUT2D eigenvalue weighted by Gasteiger charge is -2.16. The van der Waals surface area contributed by atoms with E-state index in [9.17, 15) is 0 Å². The summed E-state index contributed by atoms with van der Waals surface area (Å²) in [5.41, 5.74) is 6.54.